The molecule has 0 radical (unpaired) electrons. The molecule has 2 saturated carbocycles. The average Bonchev–Trinajstić information content (AvgIpc) is 3.41. The molecule has 0 bridgehead atoms. The zero-order chi connectivity index (χ0) is 26.9. The summed E-state index contributed by atoms with van der Waals surface area (Å²) in [4.78, 5) is 1.60. The lowest BCUT2D eigenvalue weighted by molar-refractivity contribution is -0.138. The first-order valence-corrected chi connectivity index (χ1v) is 13.0. The number of nitrogens with zero attached hydrogens (tertiary/aromatic N) is 4. The number of nitrogens with one attached hydrogen (secondary N) is 1. The molecule has 3 aromatic rings. The van der Waals surface area contributed by atoms with E-state index in [-0.39, 0.29) is 17.6 Å². The van der Waals surface area contributed by atoms with Crippen molar-refractivity contribution < 1.29 is 23.4 Å². The molecule has 0 amide bonds. The van der Waals surface area contributed by atoms with Crippen LogP contribution in [-0.4, -0.2) is 36.6 Å². The van der Waals surface area contributed by atoms with Crippen molar-refractivity contribution in [2.24, 2.45) is 7.05 Å². The van der Waals surface area contributed by atoms with Crippen molar-refractivity contribution in [2.75, 3.05) is 4.90 Å². The number of aromatic nitrogens is 3. The predicted octanol–water partition coefficient (Wildman–Crippen LogP) is 4.32. The zero-order valence-electron chi connectivity index (χ0n) is 21.5. The lowest BCUT2D eigenvalue weighted by atomic mass is 9.62. The molecule has 7 nitrogen and oxygen atoms in total. The number of fused-ring (bicyclic) bond motifs is 1. The van der Waals surface area contributed by atoms with Gasteiger partial charge in [-0.15, -0.1) is 10.2 Å². The standard InChI is InChI=1S/C28H32F3N5O2/c1-26(7-4-8-26)32-14-17-9-21-22(23(10-17)28(29,30)31)15-36(24(21)38)19-6-3-5-18(11-19)27(12-20(37)13-27)25-34-33-16-35(25)2/h3,5-6,9-11,16,20,24,32,37-38H,4,7-8,12-15H2,1-2H3. The van der Waals surface area contributed by atoms with Gasteiger partial charge in [0.15, 0.2) is 6.23 Å². The van der Waals surface area contributed by atoms with Gasteiger partial charge in [0.1, 0.15) is 12.2 Å². The number of aryl methyl sites for hydroxylation is 1. The van der Waals surface area contributed by atoms with Crippen molar-refractivity contribution in [3.05, 3.63) is 76.4 Å². The molecule has 2 fully saturated rings. The highest BCUT2D eigenvalue weighted by molar-refractivity contribution is 5.59. The van der Waals surface area contributed by atoms with Gasteiger partial charge in [-0.25, -0.2) is 0 Å². The quantitative estimate of drug-likeness (QED) is 0.443. The van der Waals surface area contributed by atoms with Crippen molar-refractivity contribution in [1.82, 2.24) is 20.1 Å². The van der Waals surface area contributed by atoms with Crippen LogP contribution in [0.15, 0.2) is 42.7 Å². The van der Waals surface area contributed by atoms with E-state index >= 15 is 0 Å². The van der Waals surface area contributed by atoms with Crippen LogP contribution in [0.25, 0.3) is 0 Å². The fraction of sp³-hybridized carbons (Fsp3) is 0.500. The number of aliphatic hydroxyl groups is 2. The molecule has 0 saturated heterocycles. The summed E-state index contributed by atoms with van der Waals surface area (Å²) in [6, 6.07) is 10.4. The van der Waals surface area contributed by atoms with Gasteiger partial charge in [-0.1, -0.05) is 12.1 Å². The van der Waals surface area contributed by atoms with E-state index in [9.17, 15) is 23.4 Å². The molecule has 38 heavy (non-hydrogen) atoms. The number of anilines is 1. The second-order valence-electron chi connectivity index (χ2n) is 11.4. The molecule has 10 heteroatoms. The van der Waals surface area contributed by atoms with Crippen molar-refractivity contribution >= 4 is 5.69 Å². The van der Waals surface area contributed by atoms with Crippen LogP contribution in [-0.2, 0) is 31.7 Å². The first-order valence-electron chi connectivity index (χ1n) is 13.0. The van der Waals surface area contributed by atoms with Gasteiger partial charge < -0.3 is 25.0 Å². The Morgan fingerprint density at radius 2 is 1.89 bits per heavy atom. The summed E-state index contributed by atoms with van der Waals surface area (Å²) in [5, 5.41) is 33.2. The lowest BCUT2D eigenvalue weighted by Gasteiger charge is -2.45. The van der Waals surface area contributed by atoms with E-state index < -0.39 is 29.5 Å². The minimum atomic E-state index is -4.53. The first-order chi connectivity index (χ1) is 18.0. The Morgan fingerprint density at radius 1 is 1.13 bits per heavy atom. The molecule has 1 unspecified atom stereocenters. The Hall–Kier alpha value is -2.95. The van der Waals surface area contributed by atoms with Crippen LogP contribution in [0.1, 0.15) is 78.9 Å². The molecule has 3 N–H and O–H groups in total. The van der Waals surface area contributed by atoms with E-state index in [0.29, 0.717) is 36.2 Å². The van der Waals surface area contributed by atoms with Crippen LogP contribution in [0.3, 0.4) is 0 Å². The van der Waals surface area contributed by atoms with Gasteiger partial charge in [0, 0.05) is 36.9 Å². The molecule has 202 valence electrons. The fourth-order valence-electron chi connectivity index (χ4n) is 6.37. The predicted molar refractivity (Wildman–Crippen MR) is 135 cm³/mol. The maximum atomic E-state index is 14.2. The molecule has 2 aromatic carbocycles. The topological polar surface area (TPSA) is 86.4 Å². The fourth-order valence-corrected chi connectivity index (χ4v) is 6.37. The van der Waals surface area contributed by atoms with Gasteiger partial charge >= 0.3 is 6.18 Å². The van der Waals surface area contributed by atoms with Crippen LogP contribution in [0.4, 0.5) is 18.9 Å². The number of hydrogen-bond acceptors (Lipinski definition) is 6. The van der Waals surface area contributed by atoms with Crippen molar-refractivity contribution in [3.63, 3.8) is 0 Å². The summed E-state index contributed by atoms with van der Waals surface area (Å²) in [5.74, 6) is 0.724. The molecular weight excluding hydrogens is 495 g/mol. The van der Waals surface area contributed by atoms with Crippen LogP contribution >= 0.6 is 0 Å². The van der Waals surface area contributed by atoms with Crippen molar-refractivity contribution in [1.29, 1.82) is 0 Å². The number of hydrogen-bond donors (Lipinski definition) is 3. The minimum absolute atomic E-state index is 0.0454. The van der Waals surface area contributed by atoms with E-state index in [1.165, 1.54) is 6.07 Å². The second-order valence-corrected chi connectivity index (χ2v) is 11.4. The van der Waals surface area contributed by atoms with Crippen LogP contribution in [0.5, 0.6) is 0 Å². The van der Waals surface area contributed by atoms with E-state index in [0.717, 1.165) is 30.7 Å². The van der Waals surface area contributed by atoms with Gasteiger partial charge in [-0.3, -0.25) is 0 Å². The monoisotopic (exact) mass is 527 g/mol. The van der Waals surface area contributed by atoms with Gasteiger partial charge in [-0.05, 0) is 80.0 Å². The highest BCUT2D eigenvalue weighted by Crippen LogP contribution is 2.50. The Bertz CT molecular complexity index is 1360. The summed E-state index contributed by atoms with van der Waals surface area (Å²) in [6.45, 7) is 2.35. The number of rotatable bonds is 6. The summed E-state index contributed by atoms with van der Waals surface area (Å²) >= 11 is 0. The number of benzene rings is 2. The third-order valence-electron chi connectivity index (χ3n) is 8.77. The maximum Gasteiger partial charge on any atom is 0.416 e. The second kappa shape index (κ2) is 8.79. The summed E-state index contributed by atoms with van der Waals surface area (Å²) < 4.78 is 44.4. The SMILES string of the molecule is Cn1cnnc1C1(c2cccc(N3Cc4c(cc(CNC5(C)CCC5)cc4C(F)(F)F)C3O)c2)CC(O)C1. The highest BCUT2D eigenvalue weighted by Gasteiger charge is 2.50. The number of alkyl halides is 3. The Morgan fingerprint density at radius 3 is 2.50 bits per heavy atom. The first kappa shape index (κ1) is 25.3. The third-order valence-corrected chi connectivity index (χ3v) is 8.77. The molecule has 2 aliphatic carbocycles. The van der Waals surface area contributed by atoms with Crippen LogP contribution < -0.4 is 10.2 Å². The third kappa shape index (κ3) is 4.10. The van der Waals surface area contributed by atoms with E-state index in [2.05, 4.69) is 22.4 Å². The van der Waals surface area contributed by atoms with Gasteiger partial charge in [0.2, 0.25) is 0 Å². The van der Waals surface area contributed by atoms with Crippen LogP contribution in [0, 0.1) is 0 Å². The Balaban J connectivity index is 1.34. The van der Waals surface area contributed by atoms with E-state index in [1.54, 1.807) is 23.4 Å². The largest absolute Gasteiger partial charge is 0.416 e. The van der Waals surface area contributed by atoms with Gasteiger partial charge in [0.05, 0.1) is 17.1 Å². The highest BCUT2D eigenvalue weighted by atomic mass is 19.4. The van der Waals surface area contributed by atoms with E-state index in [4.69, 9.17) is 0 Å². The molecule has 1 aliphatic heterocycles. The van der Waals surface area contributed by atoms with Crippen LogP contribution in [0.2, 0.25) is 0 Å². The molecular formula is C28H32F3N5O2. The van der Waals surface area contributed by atoms with Gasteiger partial charge in [0.25, 0.3) is 0 Å². The maximum absolute atomic E-state index is 14.2. The molecule has 3 aliphatic rings. The molecule has 6 rings (SSSR count). The average molecular weight is 528 g/mol. The number of aliphatic hydroxyl groups excluding tert-OH is 2. The van der Waals surface area contributed by atoms with Crippen molar-refractivity contribution in [3.8, 4) is 0 Å². The molecule has 0 spiro atoms. The van der Waals surface area contributed by atoms with Gasteiger partial charge in [-0.2, -0.15) is 13.2 Å². The molecule has 1 aromatic heterocycles. The smallest absolute Gasteiger partial charge is 0.393 e. The van der Waals surface area contributed by atoms with E-state index in [1.807, 2.05) is 29.8 Å². The normalized spacial score (nSPS) is 26.1. The summed E-state index contributed by atoms with van der Waals surface area (Å²) in [5.41, 5.74) is 1.13. The summed E-state index contributed by atoms with van der Waals surface area (Å²) in [6.07, 6.45) is -0.533. The lowest BCUT2D eigenvalue weighted by Crippen LogP contribution is -2.47. The number of halogens is 3. The Labute approximate surface area is 219 Å². The summed E-state index contributed by atoms with van der Waals surface area (Å²) in [7, 11) is 1.85. The minimum Gasteiger partial charge on any atom is -0.393 e. The van der Waals surface area contributed by atoms with Crippen molar-refractivity contribution in [2.45, 2.75) is 81.6 Å². The Kier molecular flexibility index (Phi) is 5.86. The molecule has 2 heterocycles. The molecule has 1 atom stereocenters. The zero-order valence-corrected chi connectivity index (χ0v) is 21.5.